The second-order valence-corrected chi connectivity index (χ2v) is 8.63. The third-order valence-electron chi connectivity index (χ3n) is 5.22. The van der Waals surface area contributed by atoms with Gasteiger partial charge in [-0.25, -0.2) is 19.3 Å². The van der Waals surface area contributed by atoms with E-state index < -0.39 is 5.82 Å². The van der Waals surface area contributed by atoms with Gasteiger partial charge in [-0.3, -0.25) is 10.1 Å². The maximum atomic E-state index is 15.6. The number of nitrogens with two attached hydrogens (primary N) is 1. The van der Waals surface area contributed by atoms with E-state index in [1.54, 1.807) is 29.8 Å². The number of halogens is 1. The Hall–Kier alpha value is -4.18. The molecule has 0 unspecified atom stereocenters. The molecular weight excluding hydrogens is 427 g/mol. The van der Waals surface area contributed by atoms with E-state index in [1.807, 2.05) is 6.07 Å². The van der Waals surface area contributed by atoms with E-state index in [2.05, 4.69) is 54.2 Å². The average molecular weight is 442 g/mol. The van der Waals surface area contributed by atoms with E-state index in [1.165, 1.54) is 17.3 Å². The standard InChI is InChI=1S/C22H15FN8S/c1-10-2-3-15(32-10)13-4-5-26-21-18(13)28-22(29-21)19-16-17(23)14(9-27-20(16)31-30-19)11-6-12(24)8-25-7-11/h2-9H,24H2,1H3,(H,26,28,29)(H,27,30,31). The fourth-order valence-electron chi connectivity index (χ4n) is 3.74. The minimum atomic E-state index is -0.478. The molecule has 0 aliphatic rings. The van der Waals surface area contributed by atoms with Gasteiger partial charge in [0.1, 0.15) is 11.5 Å². The zero-order valence-corrected chi connectivity index (χ0v) is 17.5. The van der Waals surface area contributed by atoms with Gasteiger partial charge in [-0.2, -0.15) is 5.10 Å². The third kappa shape index (κ3) is 2.84. The number of anilines is 1. The highest BCUT2D eigenvalue weighted by Crippen LogP contribution is 2.35. The molecule has 0 saturated carbocycles. The molecule has 6 aromatic heterocycles. The zero-order valence-electron chi connectivity index (χ0n) is 16.7. The molecule has 156 valence electrons. The highest BCUT2D eigenvalue weighted by Gasteiger charge is 2.21. The third-order valence-corrected chi connectivity index (χ3v) is 6.26. The van der Waals surface area contributed by atoms with Crippen molar-refractivity contribution in [2.75, 3.05) is 5.73 Å². The van der Waals surface area contributed by atoms with Gasteiger partial charge in [0.05, 0.1) is 16.6 Å². The smallest absolute Gasteiger partial charge is 0.184 e. The van der Waals surface area contributed by atoms with Crippen molar-refractivity contribution in [3.8, 4) is 33.1 Å². The van der Waals surface area contributed by atoms with Gasteiger partial charge < -0.3 is 10.7 Å². The van der Waals surface area contributed by atoms with E-state index in [0.717, 1.165) is 16.0 Å². The second kappa shape index (κ2) is 6.92. The molecule has 0 fully saturated rings. The van der Waals surface area contributed by atoms with Crippen molar-refractivity contribution in [1.29, 1.82) is 0 Å². The number of fused-ring (bicyclic) bond motifs is 2. The maximum absolute atomic E-state index is 15.6. The van der Waals surface area contributed by atoms with Crippen molar-refractivity contribution in [3.63, 3.8) is 0 Å². The Kier molecular flexibility index (Phi) is 4.02. The Bertz CT molecular complexity index is 1630. The molecule has 4 N–H and O–H groups in total. The molecule has 6 aromatic rings. The molecule has 0 radical (unpaired) electrons. The Labute approximate surface area is 184 Å². The van der Waals surface area contributed by atoms with Crippen molar-refractivity contribution < 1.29 is 4.39 Å². The van der Waals surface area contributed by atoms with Crippen LogP contribution in [-0.4, -0.2) is 35.1 Å². The first kappa shape index (κ1) is 18.6. The molecule has 0 aliphatic carbocycles. The maximum Gasteiger partial charge on any atom is 0.184 e. The van der Waals surface area contributed by atoms with Crippen molar-refractivity contribution in [2.45, 2.75) is 6.92 Å². The van der Waals surface area contributed by atoms with Crippen LogP contribution in [0.5, 0.6) is 0 Å². The van der Waals surface area contributed by atoms with Gasteiger partial charge in [0.25, 0.3) is 0 Å². The quantitative estimate of drug-likeness (QED) is 0.365. The van der Waals surface area contributed by atoms with Crippen molar-refractivity contribution in [1.82, 2.24) is 35.1 Å². The van der Waals surface area contributed by atoms with Crippen molar-refractivity contribution in [2.24, 2.45) is 0 Å². The largest absolute Gasteiger partial charge is 0.397 e. The fraction of sp³-hybridized carbons (Fsp3) is 0.0455. The summed E-state index contributed by atoms with van der Waals surface area (Å²) in [7, 11) is 0. The average Bonchev–Trinajstić information content (AvgIpc) is 3.51. The predicted molar refractivity (Wildman–Crippen MR) is 122 cm³/mol. The van der Waals surface area contributed by atoms with Crippen LogP contribution < -0.4 is 5.73 Å². The molecule has 0 amide bonds. The van der Waals surface area contributed by atoms with Crippen LogP contribution >= 0.6 is 11.3 Å². The summed E-state index contributed by atoms with van der Waals surface area (Å²) in [6.45, 7) is 2.06. The highest BCUT2D eigenvalue weighted by atomic mass is 32.1. The number of aryl methyl sites for hydroxylation is 1. The summed E-state index contributed by atoms with van der Waals surface area (Å²) in [5, 5.41) is 7.27. The number of nitrogens with zero attached hydrogens (tertiary/aromatic N) is 5. The topological polar surface area (TPSA) is 122 Å². The number of imidazole rings is 1. The highest BCUT2D eigenvalue weighted by molar-refractivity contribution is 7.15. The first-order valence-electron chi connectivity index (χ1n) is 9.74. The molecule has 0 saturated heterocycles. The van der Waals surface area contributed by atoms with Gasteiger partial charge in [0, 0.05) is 51.2 Å². The molecule has 0 bridgehead atoms. The van der Waals surface area contributed by atoms with Crippen LogP contribution in [0.2, 0.25) is 0 Å². The second-order valence-electron chi connectivity index (χ2n) is 7.34. The van der Waals surface area contributed by atoms with E-state index in [0.29, 0.717) is 28.4 Å². The van der Waals surface area contributed by atoms with E-state index in [9.17, 15) is 0 Å². The monoisotopic (exact) mass is 442 g/mol. The van der Waals surface area contributed by atoms with Gasteiger partial charge in [0.15, 0.2) is 17.1 Å². The summed E-state index contributed by atoms with van der Waals surface area (Å²) in [5.41, 5.74) is 10.0. The fourth-order valence-corrected chi connectivity index (χ4v) is 4.64. The number of aromatic amines is 2. The Morgan fingerprint density at radius 3 is 2.75 bits per heavy atom. The molecule has 0 atom stereocenters. The lowest BCUT2D eigenvalue weighted by atomic mass is 10.1. The number of thiophene rings is 1. The van der Waals surface area contributed by atoms with E-state index in [4.69, 9.17) is 5.73 Å². The number of nitrogen functional groups attached to an aromatic ring is 1. The summed E-state index contributed by atoms with van der Waals surface area (Å²) >= 11 is 1.69. The Morgan fingerprint density at radius 2 is 1.94 bits per heavy atom. The van der Waals surface area contributed by atoms with Crippen LogP contribution in [0.3, 0.4) is 0 Å². The van der Waals surface area contributed by atoms with Gasteiger partial charge in [-0.05, 0) is 31.2 Å². The molecular formula is C22H15FN8S. The van der Waals surface area contributed by atoms with Crippen LogP contribution in [0, 0.1) is 12.7 Å². The Morgan fingerprint density at radius 1 is 1.03 bits per heavy atom. The molecule has 32 heavy (non-hydrogen) atoms. The number of hydrogen-bond donors (Lipinski definition) is 3. The zero-order chi connectivity index (χ0) is 21.8. The summed E-state index contributed by atoms with van der Waals surface area (Å²) in [6.07, 6.45) is 6.19. The van der Waals surface area contributed by atoms with E-state index in [-0.39, 0.29) is 16.6 Å². The first-order chi connectivity index (χ1) is 15.6. The lowest BCUT2D eigenvalue weighted by molar-refractivity contribution is 0.642. The molecule has 6 heterocycles. The number of rotatable bonds is 3. The first-order valence-corrected chi connectivity index (χ1v) is 10.6. The SMILES string of the molecule is Cc1ccc(-c2ccnc3nc(-c4[nH]nc5ncc(-c6cncc(N)c6)c(F)c45)[nH]c23)s1. The number of pyridine rings is 3. The lowest BCUT2D eigenvalue weighted by Crippen LogP contribution is -1.93. The van der Waals surface area contributed by atoms with Gasteiger partial charge in [-0.1, -0.05) is 0 Å². The summed E-state index contributed by atoms with van der Waals surface area (Å²) < 4.78 is 15.6. The predicted octanol–water partition coefficient (Wildman–Crippen LogP) is 4.72. The summed E-state index contributed by atoms with van der Waals surface area (Å²) in [5.74, 6) is -0.0482. The van der Waals surface area contributed by atoms with Crippen LogP contribution in [0.4, 0.5) is 10.1 Å². The van der Waals surface area contributed by atoms with Crippen LogP contribution in [-0.2, 0) is 0 Å². The molecule has 10 heteroatoms. The minimum Gasteiger partial charge on any atom is -0.397 e. The minimum absolute atomic E-state index is 0.234. The molecule has 8 nitrogen and oxygen atoms in total. The number of H-pyrrole nitrogens is 2. The summed E-state index contributed by atoms with van der Waals surface area (Å²) in [4.78, 5) is 22.9. The van der Waals surface area contributed by atoms with Crippen LogP contribution in [0.25, 0.3) is 55.3 Å². The number of aromatic nitrogens is 7. The van der Waals surface area contributed by atoms with Crippen LogP contribution in [0.1, 0.15) is 4.88 Å². The van der Waals surface area contributed by atoms with Gasteiger partial charge in [-0.15, -0.1) is 11.3 Å². The van der Waals surface area contributed by atoms with Gasteiger partial charge >= 0.3 is 0 Å². The normalized spacial score (nSPS) is 11.6. The Balaban J connectivity index is 1.55. The molecule has 0 aliphatic heterocycles. The van der Waals surface area contributed by atoms with Crippen molar-refractivity contribution in [3.05, 3.63) is 59.7 Å². The molecule has 0 aromatic carbocycles. The number of hydrogen-bond acceptors (Lipinski definition) is 7. The van der Waals surface area contributed by atoms with Crippen molar-refractivity contribution >= 4 is 39.2 Å². The van der Waals surface area contributed by atoms with E-state index >= 15 is 4.39 Å². The number of nitrogens with one attached hydrogen (secondary N) is 2. The van der Waals surface area contributed by atoms with Crippen LogP contribution in [0.15, 0.2) is 49.1 Å². The summed E-state index contributed by atoms with van der Waals surface area (Å²) in [6, 6.07) is 7.73. The molecule has 6 rings (SSSR count). The van der Waals surface area contributed by atoms with Gasteiger partial charge in [0.2, 0.25) is 0 Å². The lowest BCUT2D eigenvalue weighted by Gasteiger charge is -2.05. The molecule has 0 spiro atoms.